The van der Waals surface area contributed by atoms with Crippen LogP contribution in [0.15, 0.2) is 36.4 Å². The average Bonchev–Trinajstić information content (AvgIpc) is 3.44. The molecule has 0 bridgehead atoms. The van der Waals surface area contributed by atoms with Gasteiger partial charge in [-0.25, -0.2) is 0 Å². The van der Waals surface area contributed by atoms with Crippen LogP contribution in [0.1, 0.15) is 127 Å². The molecule has 0 unspecified atom stereocenters. The zero-order valence-electron chi connectivity index (χ0n) is 28.1. The smallest absolute Gasteiger partial charge is 0.305 e. The van der Waals surface area contributed by atoms with Gasteiger partial charge in [0.1, 0.15) is 0 Å². The van der Waals surface area contributed by atoms with Gasteiger partial charge in [0.05, 0.1) is 33.5 Å². The van der Waals surface area contributed by atoms with Crippen LogP contribution in [0.2, 0.25) is 0 Å². The van der Waals surface area contributed by atoms with Crippen molar-refractivity contribution in [1.29, 1.82) is 0 Å². The van der Waals surface area contributed by atoms with Gasteiger partial charge in [-0.2, -0.15) is 0 Å². The summed E-state index contributed by atoms with van der Waals surface area (Å²) in [5.41, 5.74) is 1.88. The molecular weight excluding hydrogens is 568 g/mol. The molecule has 0 aromatic heterocycles. The Labute approximate surface area is 271 Å². The molecule has 1 fully saturated rings. The largest absolute Gasteiger partial charge is 0.504 e. The van der Waals surface area contributed by atoms with Crippen molar-refractivity contribution in [3.8, 4) is 23.0 Å². The molecule has 1 aliphatic heterocycles. The van der Waals surface area contributed by atoms with Gasteiger partial charge < -0.3 is 29.2 Å². The number of esters is 1. The van der Waals surface area contributed by atoms with Crippen molar-refractivity contribution < 1.29 is 34.0 Å². The summed E-state index contributed by atoms with van der Waals surface area (Å²) in [7, 11) is 3.05. The van der Waals surface area contributed by atoms with Gasteiger partial charge in [-0.1, -0.05) is 109 Å². The third-order valence-corrected chi connectivity index (χ3v) is 9.18. The first-order valence-corrected chi connectivity index (χ1v) is 17.5. The van der Waals surface area contributed by atoms with E-state index in [0.717, 1.165) is 24.0 Å². The minimum absolute atomic E-state index is 0.0680. The van der Waals surface area contributed by atoms with Gasteiger partial charge in [0, 0.05) is 12.3 Å². The van der Waals surface area contributed by atoms with Crippen LogP contribution >= 0.6 is 0 Å². The molecule has 0 radical (unpaired) electrons. The van der Waals surface area contributed by atoms with E-state index in [1.165, 1.54) is 97.7 Å². The zero-order valence-corrected chi connectivity index (χ0v) is 28.1. The van der Waals surface area contributed by atoms with Crippen molar-refractivity contribution in [2.24, 2.45) is 11.8 Å². The summed E-state index contributed by atoms with van der Waals surface area (Å²) in [5.74, 6) is 0.820. The first-order valence-electron chi connectivity index (χ1n) is 17.5. The summed E-state index contributed by atoms with van der Waals surface area (Å²) in [5, 5.41) is 20.1. The molecule has 0 aliphatic carbocycles. The molecule has 0 saturated carbocycles. The lowest BCUT2D eigenvalue weighted by atomic mass is 9.84. The molecule has 45 heavy (non-hydrogen) atoms. The molecule has 1 saturated heterocycles. The number of hydrogen-bond donors (Lipinski definition) is 2. The quantitative estimate of drug-likeness (QED) is 0.0937. The lowest BCUT2D eigenvalue weighted by molar-refractivity contribution is -0.146. The maximum absolute atomic E-state index is 12.7. The van der Waals surface area contributed by atoms with Gasteiger partial charge in [-0.05, 0) is 54.2 Å². The molecule has 2 aromatic carbocycles. The van der Waals surface area contributed by atoms with E-state index in [4.69, 9.17) is 18.9 Å². The number of aromatic hydroxyl groups is 2. The summed E-state index contributed by atoms with van der Waals surface area (Å²) in [4.78, 5) is 12.7. The molecule has 2 aromatic rings. The number of phenolic OH excluding ortho intramolecular Hbond substituents is 2. The van der Waals surface area contributed by atoms with E-state index in [2.05, 4.69) is 6.92 Å². The Morgan fingerprint density at radius 1 is 0.756 bits per heavy atom. The van der Waals surface area contributed by atoms with Crippen molar-refractivity contribution in [2.45, 2.75) is 122 Å². The van der Waals surface area contributed by atoms with Crippen LogP contribution < -0.4 is 9.47 Å². The molecule has 7 heteroatoms. The van der Waals surface area contributed by atoms with Crippen molar-refractivity contribution >= 4 is 5.97 Å². The molecular formula is C38H58O7. The second-order valence-electron chi connectivity index (χ2n) is 12.7. The number of ether oxygens (including phenoxy) is 4. The van der Waals surface area contributed by atoms with Gasteiger partial charge in [-0.3, -0.25) is 4.79 Å². The van der Waals surface area contributed by atoms with Crippen molar-refractivity contribution in [3.05, 3.63) is 47.5 Å². The lowest BCUT2D eigenvalue weighted by Gasteiger charge is -2.24. The Kier molecular flexibility index (Phi) is 17.0. The zero-order chi connectivity index (χ0) is 32.3. The molecule has 0 amide bonds. The third kappa shape index (κ3) is 12.8. The summed E-state index contributed by atoms with van der Waals surface area (Å²) in [6, 6.07) is 10.6. The van der Waals surface area contributed by atoms with Gasteiger partial charge in [-0.15, -0.1) is 0 Å². The predicted octanol–water partition coefficient (Wildman–Crippen LogP) is 9.47. The van der Waals surface area contributed by atoms with Gasteiger partial charge in [0.15, 0.2) is 23.0 Å². The number of carbonyl (C=O) groups excluding carboxylic acids is 1. The maximum atomic E-state index is 12.7. The Hall–Kier alpha value is -2.93. The van der Waals surface area contributed by atoms with E-state index < -0.39 is 0 Å². The fourth-order valence-corrected chi connectivity index (χ4v) is 6.42. The molecule has 1 heterocycles. The minimum atomic E-state index is -0.304. The SMILES string of the molecule is CCCCCCCCCCCCCCCCCC(=O)OC[C@H]1[C@@H](Cc2ccc(O)c(OC)c2)CO[C@@H]1c1ccc(O)c(OC)c1. The number of benzene rings is 2. The van der Waals surface area contributed by atoms with E-state index in [-0.39, 0.29) is 42.0 Å². The van der Waals surface area contributed by atoms with Gasteiger partial charge in [0.2, 0.25) is 0 Å². The predicted molar refractivity (Wildman–Crippen MR) is 179 cm³/mol. The maximum Gasteiger partial charge on any atom is 0.305 e. The van der Waals surface area contributed by atoms with Crippen LogP contribution in [-0.2, 0) is 20.7 Å². The number of rotatable bonds is 23. The normalized spacial score (nSPS) is 17.8. The summed E-state index contributed by atoms with van der Waals surface area (Å²) >= 11 is 0. The highest BCUT2D eigenvalue weighted by atomic mass is 16.5. The number of phenols is 2. The average molecular weight is 627 g/mol. The minimum Gasteiger partial charge on any atom is -0.504 e. The standard InChI is InChI=1S/C38H58O7/c1-4-5-6-7-8-9-10-11-12-13-14-15-16-17-18-19-37(41)44-28-32-31(24-29-20-22-33(39)35(25-29)42-2)27-45-38(32)30-21-23-34(40)36(26-30)43-3/h20-23,25-26,31-32,38-40H,4-19,24,27-28H2,1-3H3/t31-,32-,38+/m0/s1. The monoisotopic (exact) mass is 626 g/mol. The first kappa shape index (κ1) is 36.5. The van der Waals surface area contributed by atoms with Crippen molar-refractivity contribution in [3.63, 3.8) is 0 Å². The van der Waals surface area contributed by atoms with Crippen LogP contribution in [0.4, 0.5) is 0 Å². The Morgan fingerprint density at radius 3 is 1.87 bits per heavy atom. The molecule has 252 valence electrons. The molecule has 2 N–H and O–H groups in total. The fourth-order valence-electron chi connectivity index (χ4n) is 6.42. The van der Waals surface area contributed by atoms with Crippen LogP contribution in [0.3, 0.4) is 0 Å². The third-order valence-electron chi connectivity index (χ3n) is 9.18. The van der Waals surface area contributed by atoms with E-state index in [0.29, 0.717) is 30.9 Å². The second kappa shape index (κ2) is 21.0. The molecule has 7 nitrogen and oxygen atoms in total. The highest BCUT2D eigenvalue weighted by molar-refractivity contribution is 5.69. The van der Waals surface area contributed by atoms with Crippen LogP contribution in [0.5, 0.6) is 23.0 Å². The Balaban J connectivity index is 1.40. The van der Waals surface area contributed by atoms with Crippen LogP contribution in [0, 0.1) is 11.8 Å². The van der Waals surface area contributed by atoms with E-state index in [1.54, 1.807) is 18.2 Å². The highest BCUT2D eigenvalue weighted by Crippen LogP contribution is 2.43. The van der Waals surface area contributed by atoms with E-state index in [1.807, 2.05) is 18.2 Å². The van der Waals surface area contributed by atoms with Crippen LogP contribution in [0.25, 0.3) is 0 Å². The summed E-state index contributed by atoms with van der Waals surface area (Å²) < 4.78 is 22.7. The summed E-state index contributed by atoms with van der Waals surface area (Å²) in [6.07, 6.45) is 20.2. The number of carbonyl (C=O) groups is 1. The topological polar surface area (TPSA) is 94.5 Å². The molecule has 0 spiro atoms. The fraction of sp³-hybridized carbons (Fsp3) is 0.658. The van der Waals surface area contributed by atoms with Crippen molar-refractivity contribution in [2.75, 3.05) is 27.4 Å². The molecule has 3 atom stereocenters. The van der Waals surface area contributed by atoms with Gasteiger partial charge in [0.25, 0.3) is 0 Å². The number of methoxy groups -OCH3 is 2. The highest BCUT2D eigenvalue weighted by Gasteiger charge is 2.39. The molecule has 1 aliphatic rings. The Bertz CT molecular complexity index is 1120. The van der Waals surface area contributed by atoms with E-state index >= 15 is 0 Å². The van der Waals surface area contributed by atoms with Gasteiger partial charge >= 0.3 is 5.97 Å². The van der Waals surface area contributed by atoms with Crippen molar-refractivity contribution in [1.82, 2.24) is 0 Å². The number of unbranched alkanes of at least 4 members (excludes halogenated alkanes) is 14. The second-order valence-corrected chi connectivity index (χ2v) is 12.7. The van der Waals surface area contributed by atoms with Crippen LogP contribution in [-0.4, -0.2) is 43.6 Å². The number of hydrogen-bond acceptors (Lipinski definition) is 7. The lowest BCUT2D eigenvalue weighted by Crippen LogP contribution is -2.24. The molecule has 3 rings (SSSR count). The van der Waals surface area contributed by atoms with E-state index in [9.17, 15) is 15.0 Å². The summed E-state index contributed by atoms with van der Waals surface area (Å²) in [6.45, 7) is 3.02. The first-order chi connectivity index (χ1) is 22.0. The Morgan fingerprint density at radius 2 is 1.29 bits per heavy atom.